The quantitative estimate of drug-likeness (QED) is 0.619. The number of ether oxygens (including phenoxy) is 1. The van der Waals surface area contributed by atoms with E-state index in [1.165, 1.54) is 6.08 Å². The monoisotopic (exact) mass is 239 g/mol. The Labute approximate surface area is 87.8 Å². The molecule has 0 aromatic heterocycles. The normalized spacial score (nSPS) is 24.9. The van der Waals surface area contributed by atoms with Crippen molar-refractivity contribution in [2.24, 2.45) is 0 Å². The molecule has 0 saturated heterocycles. The number of carbonyl (C=O) groups is 1. The fourth-order valence-corrected chi connectivity index (χ4v) is 1.02. The lowest BCUT2D eigenvalue weighted by Gasteiger charge is -2.30. The van der Waals surface area contributed by atoms with Crippen molar-refractivity contribution in [3.63, 3.8) is 0 Å². The highest BCUT2D eigenvalue weighted by Gasteiger charge is 2.41. The predicted molar refractivity (Wildman–Crippen MR) is 45.0 cm³/mol. The summed E-state index contributed by atoms with van der Waals surface area (Å²) in [6, 6.07) is 0. The van der Waals surface area contributed by atoms with Crippen LogP contribution in [0.25, 0.3) is 0 Å². The smallest absolute Gasteiger partial charge is 0.412 e. The van der Waals surface area contributed by atoms with Crippen molar-refractivity contribution in [1.29, 1.82) is 0 Å². The third-order valence-corrected chi connectivity index (χ3v) is 1.68. The van der Waals surface area contributed by atoms with E-state index in [1.807, 2.05) is 5.32 Å². The molecule has 5 nitrogen and oxygen atoms in total. The lowest BCUT2D eigenvalue weighted by atomic mass is 10.1. The van der Waals surface area contributed by atoms with Gasteiger partial charge in [0, 0.05) is 6.20 Å². The van der Waals surface area contributed by atoms with Crippen LogP contribution in [0.5, 0.6) is 0 Å². The first-order valence-corrected chi connectivity index (χ1v) is 4.06. The van der Waals surface area contributed by atoms with E-state index in [2.05, 4.69) is 4.74 Å². The second kappa shape index (κ2) is 4.14. The molecule has 0 bridgehead atoms. The van der Waals surface area contributed by atoms with Gasteiger partial charge in [-0.2, -0.15) is 13.2 Å². The Balaban J connectivity index is 2.80. The van der Waals surface area contributed by atoms with Crippen LogP contribution in [0.3, 0.4) is 0 Å². The van der Waals surface area contributed by atoms with Gasteiger partial charge in [-0.3, -0.25) is 0 Å². The van der Waals surface area contributed by atoms with Crippen LogP contribution < -0.4 is 5.32 Å². The number of dihydropyridines is 1. The fraction of sp³-hybridized carbons (Fsp3) is 0.375. The number of carboxylic acids is 1. The van der Waals surface area contributed by atoms with E-state index in [0.29, 0.717) is 0 Å². The van der Waals surface area contributed by atoms with Gasteiger partial charge in [-0.1, -0.05) is 0 Å². The van der Waals surface area contributed by atoms with E-state index in [0.717, 1.165) is 12.3 Å². The van der Waals surface area contributed by atoms with Crippen LogP contribution in [0.1, 0.15) is 0 Å². The third kappa shape index (κ3) is 2.97. The molecule has 0 radical (unpaired) electrons. The van der Waals surface area contributed by atoms with Crippen LogP contribution in [-0.2, 0) is 9.53 Å². The van der Waals surface area contributed by atoms with Gasteiger partial charge < -0.3 is 20.3 Å². The lowest BCUT2D eigenvalue weighted by molar-refractivity contribution is -0.258. The zero-order chi connectivity index (χ0) is 12.4. The molecule has 0 aliphatic carbocycles. The summed E-state index contributed by atoms with van der Waals surface area (Å²) in [6.45, 7) is -1.77. The standard InChI is InChI=1S/C8H8F3NO4/c9-7(10,11)4-16-8(15)5(6(13)14)2-1-3-12-8/h1-3,12,15H,4H2,(H,13,14). The topological polar surface area (TPSA) is 78.8 Å². The number of hydrogen-bond acceptors (Lipinski definition) is 4. The van der Waals surface area contributed by atoms with Crippen LogP contribution >= 0.6 is 0 Å². The Hall–Kier alpha value is -1.54. The molecule has 0 saturated carbocycles. The number of allylic oxidation sites excluding steroid dienone is 2. The van der Waals surface area contributed by atoms with Crippen molar-refractivity contribution in [3.05, 3.63) is 23.9 Å². The first kappa shape index (κ1) is 12.5. The molecular formula is C8H8F3NO4. The van der Waals surface area contributed by atoms with E-state index < -0.39 is 30.2 Å². The molecule has 0 aromatic rings. The van der Waals surface area contributed by atoms with E-state index in [4.69, 9.17) is 5.11 Å². The first-order chi connectivity index (χ1) is 7.25. The zero-order valence-electron chi connectivity index (χ0n) is 7.78. The number of hydrogen-bond donors (Lipinski definition) is 3. The Morgan fingerprint density at radius 2 is 2.19 bits per heavy atom. The molecule has 1 aliphatic heterocycles. The maximum Gasteiger partial charge on any atom is 0.412 e. The fourth-order valence-electron chi connectivity index (χ4n) is 1.02. The van der Waals surface area contributed by atoms with Crippen molar-refractivity contribution in [2.45, 2.75) is 12.1 Å². The number of aliphatic hydroxyl groups is 1. The van der Waals surface area contributed by atoms with Gasteiger partial charge >= 0.3 is 12.1 Å². The third-order valence-electron chi connectivity index (χ3n) is 1.68. The summed E-state index contributed by atoms with van der Waals surface area (Å²) < 4.78 is 39.7. The lowest BCUT2D eigenvalue weighted by Crippen LogP contribution is -2.51. The predicted octanol–water partition coefficient (Wildman–Crippen LogP) is 0.339. The van der Waals surface area contributed by atoms with E-state index in [-0.39, 0.29) is 0 Å². The Morgan fingerprint density at radius 1 is 1.56 bits per heavy atom. The number of nitrogens with one attached hydrogen (secondary N) is 1. The molecule has 1 aliphatic rings. The van der Waals surface area contributed by atoms with Crippen molar-refractivity contribution < 1.29 is 32.9 Å². The van der Waals surface area contributed by atoms with E-state index in [1.54, 1.807) is 0 Å². The average molecular weight is 239 g/mol. The second-order valence-corrected chi connectivity index (χ2v) is 2.94. The van der Waals surface area contributed by atoms with E-state index >= 15 is 0 Å². The summed E-state index contributed by atoms with van der Waals surface area (Å²) in [6.07, 6.45) is -1.44. The molecule has 0 amide bonds. The molecule has 3 N–H and O–H groups in total. The van der Waals surface area contributed by atoms with Gasteiger partial charge in [-0.05, 0) is 12.2 Å². The number of aliphatic carboxylic acids is 1. The summed E-state index contributed by atoms with van der Waals surface area (Å²) in [4.78, 5) is 10.6. The maximum absolute atomic E-state index is 11.9. The van der Waals surface area contributed by atoms with Crippen LogP contribution in [0.4, 0.5) is 13.2 Å². The largest absolute Gasteiger partial charge is 0.478 e. The molecular weight excluding hydrogens is 231 g/mol. The molecule has 8 heteroatoms. The summed E-state index contributed by atoms with van der Waals surface area (Å²) in [5.41, 5.74) is -0.723. The number of rotatable bonds is 3. The van der Waals surface area contributed by atoms with Gasteiger partial charge in [0.05, 0.1) is 0 Å². The minimum atomic E-state index is -4.66. The highest BCUT2D eigenvalue weighted by molar-refractivity contribution is 5.89. The van der Waals surface area contributed by atoms with Gasteiger partial charge in [0.2, 0.25) is 0 Å². The zero-order valence-corrected chi connectivity index (χ0v) is 7.78. The second-order valence-electron chi connectivity index (χ2n) is 2.94. The SMILES string of the molecule is O=C(O)C1=CC=CNC1(O)OCC(F)(F)F. The van der Waals surface area contributed by atoms with Gasteiger partial charge in [0.1, 0.15) is 12.2 Å². The highest BCUT2D eigenvalue weighted by atomic mass is 19.4. The average Bonchev–Trinajstić information content (AvgIpc) is 2.14. The van der Waals surface area contributed by atoms with Crippen molar-refractivity contribution in [3.8, 4) is 0 Å². The number of alkyl halides is 3. The minimum Gasteiger partial charge on any atom is -0.478 e. The Morgan fingerprint density at radius 3 is 2.69 bits per heavy atom. The molecule has 16 heavy (non-hydrogen) atoms. The molecule has 0 aromatic carbocycles. The summed E-state index contributed by atoms with van der Waals surface area (Å²) >= 11 is 0. The molecule has 1 unspecified atom stereocenters. The maximum atomic E-state index is 11.9. The molecule has 0 fully saturated rings. The van der Waals surface area contributed by atoms with Gasteiger partial charge in [-0.15, -0.1) is 0 Å². The minimum absolute atomic E-state index is 0.723. The first-order valence-electron chi connectivity index (χ1n) is 4.06. The van der Waals surface area contributed by atoms with E-state index in [9.17, 15) is 23.1 Å². The number of halogens is 3. The van der Waals surface area contributed by atoms with Crippen LogP contribution in [-0.4, -0.2) is 34.9 Å². The molecule has 1 heterocycles. The summed E-state index contributed by atoms with van der Waals surface area (Å²) in [7, 11) is 0. The molecule has 1 rings (SSSR count). The summed E-state index contributed by atoms with van der Waals surface area (Å²) in [5.74, 6) is -4.25. The van der Waals surface area contributed by atoms with Crippen LogP contribution in [0, 0.1) is 0 Å². The van der Waals surface area contributed by atoms with Crippen LogP contribution in [0.15, 0.2) is 23.9 Å². The van der Waals surface area contributed by atoms with Gasteiger partial charge in [0.15, 0.2) is 0 Å². The summed E-state index contributed by atoms with van der Waals surface area (Å²) in [5, 5.41) is 20.2. The van der Waals surface area contributed by atoms with Crippen LogP contribution in [0.2, 0.25) is 0 Å². The van der Waals surface area contributed by atoms with Crippen molar-refractivity contribution in [1.82, 2.24) is 5.32 Å². The Kier molecular flexibility index (Phi) is 3.24. The molecule has 1 atom stereocenters. The molecule has 0 spiro atoms. The van der Waals surface area contributed by atoms with Crippen molar-refractivity contribution in [2.75, 3.05) is 6.61 Å². The van der Waals surface area contributed by atoms with Gasteiger partial charge in [-0.25, -0.2) is 4.79 Å². The Bertz CT molecular complexity index is 350. The van der Waals surface area contributed by atoms with Crippen molar-refractivity contribution >= 4 is 5.97 Å². The molecule has 90 valence electrons. The number of carboxylic acid groups (broad SMARTS) is 1. The highest BCUT2D eigenvalue weighted by Crippen LogP contribution is 2.23. The van der Waals surface area contributed by atoms with Gasteiger partial charge in [0.25, 0.3) is 5.91 Å².